The summed E-state index contributed by atoms with van der Waals surface area (Å²) >= 11 is 0. The van der Waals surface area contributed by atoms with Gasteiger partial charge in [0, 0.05) is 6.04 Å². The molecule has 5 nitrogen and oxygen atoms in total. The van der Waals surface area contributed by atoms with Crippen molar-refractivity contribution in [1.82, 2.24) is 0 Å². The minimum absolute atomic E-state index is 0.0659. The maximum absolute atomic E-state index is 11.2. The lowest BCUT2D eigenvalue weighted by molar-refractivity contribution is -0.155. The molecule has 0 aromatic rings. The topological polar surface area (TPSA) is 89.6 Å². The lowest BCUT2D eigenvalue weighted by Crippen LogP contribution is -2.31. The van der Waals surface area contributed by atoms with E-state index in [0.717, 1.165) is 0 Å². The molecule has 0 radical (unpaired) electrons. The van der Waals surface area contributed by atoms with Gasteiger partial charge in [-0.05, 0) is 20.8 Å². The highest BCUT2D eigenvalue weighted by Crippen LogP contribution is 2.09. The summed E-state index contributed by atoms with van der Waals surface area (Å²) in [6, 6.07) is -0.678. The first-order chi connectivity index (χ1) is 6.20. The molecule has 0 aliphatic rings. The van der Waals surface area contributed by atoms with Gasteiger partial charge < -0.3 is 15.6 Å². The van der Waals surface area contributed by atoms with Crippen LogP contribution in [0.4, 0.5) is 0 Å². The molecule has 3 N–H and O–H groups in total. The summed E-state index contributed by atoms with van der Waals surface area (Å²) in [4.78, 5) is 21.4. The normalized spacial score (nSPS) is 13.4. The summed E-state index contributed by atoms with van der Waals surface area (Å²) in [6.45, 7) is 5.23. The Hall–Kier alpha value is -1.10. The van der Waals surface area contributed by atoms with Crippen molar-refractivity contribution in [2.24, 2.45) is 5.73 Å². The van der Waals surface area contributed by atoms with E-state index < -0.39 is 23.6 Å². The van der Waals surface area contributed by atoms with Crippen LogP contribution in [-0.4, -0.2) is 28.7 Å². The van der Waals surface area contributed by atoms with Crippen LogP contribution in [0.3, 0.4) is 0 Å². The van der Waals surface area contributed by atoms with Gasteiger partial charge in [0.05, 0.1) is 12.8 Å². The molecular formula is C9H17NO4. The van der Waals surface area contributed by atoms with Gasteiger partial charge in [-0.3, -0.25) is 9.59 Å². The van der Waals surface area contributed by atoms with Crippen LogP contribution < -0.4 is 5.73 Å². The SMILES string of the molecule is CC(C)(C)OC(=O)C[C@@H](N)CC(=O)O. The molecule has 0 fully saturated rings. The van der Waals surface area contributed by atoms with Gasteiger partial charge in [0.25, 0.3) is 0 Å². The highest BCUT2D eigenvalue weighted by atomic mass is 16.6. The highest BCUT2D eigenvalue weighted by molar-refractivity contribution is 5.73. The molecule has 0 aliphatic carbocycles. The third-order valence-electron chi connectivity index (χ3n) is 1.29. The van der Waals surface area contributed by atoms with Gasteiger partial charge in [0.15, 0.2) is 0 Å². The van der Waals surface area contributed by atoms with E-state index in [1.807, 2.05) is 0 Å². The number of carboxylic acid groups (broad SMARTS) is 1. The molecule has 0 spiro atoms. The van der Waals surface area contributed by atoms with Crippen LogP contribution in [0.5, 0.6) is 0 Å². The molecule has 0 bridgehead atoms. The Kier molecular flexibility index (Phi) is 4.56. The second-order valence-electron chi connectivity index (χ2n) is 4.15. The molecule has 0 amide bonds. The van der Waals surface area contributed by atoms with Crippen molar-refractivity contribution in [3.8, 4) is 0 Å². The Morgan fingerprint density at radius 3 is 2.21 bits per heavy atom. The van der Waals surface area contributed by atoms with Crippen molar-refractivity contribution >= 4 is 11.9 Å². The van der Waals surface area contributed by atoms with Crippen LogP contribution in [0.25, 0.3) is 0 Å². The lowest BCUT2D eigenvalue weighted by Gasteiger charge is -2.20. The fourth-order valence-corrected chi connectivity index (χ4v) is 0.894. The van der Waals surface area contributed by atoms with Gasteiger partial charge in [0.1, 0.15) is 5.60 Å². The maximum Gasteiger partial charge on any atom is 0.307 e. The molecule has 0 saturated carbocycles. The number of nitrogens with two attached hydrogens (primary N) is 1. The third kappa shape index (κ3) is 7.54. The van der Waals surface area contributed by atoms with Gasteiger partial charge in [-0.2, -0.15) is 0 Å². The summed E-state index contributed by atoms with van der Waals surface area (Å²) in [5.74, 6) is -1.48. The minimum Gasteiger partial charge on any atom is -0.481 e. The van der Waals surface area contributed by atoms with Crippen molar-refractivity contribution in [2.45, 2.75) is 45.3 Å². The van der Waals surface area contributed by atoms with Gasteiger partial charge in [-0.25, -0.2) is 0 Å². The van der Waals surface area contributed by atoms with Crippen molar-refractivity contribution in [1.29, 1.82) is 0 Å². The number of ether oxygens (including phenoxy) is 1. The molecule has 0 rings (SSSR count). The fraction of sp³-hybridized carbons (Fsp3) is 0.778. The zero-order valence-corrected chi connectivity index (χ0v) is 8.74. The third-order valence-corrected chi connectivity index (χ3v) is 1.29. The number of rotatable bonds is 4. The van der Waals surface area contributed by atoms with Gasteiger partial charge in [-0.1, -0.05) is 0 Å². The summed E-state index contributed by atoms with van der Waals surface area (Å²) in [6.07, 6.45) is -0.289. The van der Waals surface area contributed by atoms with Crippen molar-refractivity contribution < 1.29 is 19.4 Å². The van der Waals surface area contributed by atoms with Crippen LogP contribution >= 0.6 is 0 Å². The summed E-state index contributed by atoms with van der Waals surface area (Å²) in [7, 11) is 0. The number of carbonyl (C=O) groups is 2. The maximum atomic E-state index is 11.2. The molecule has 82 valence electrons. The Bertz CT molecular complexity index is 219. The Labute approximate surface area is 83.2 Å². The van der Waals surface area contributed by atoms with E-state index in [-0.39, 0.29) is 12.8 Å². The van der Waals surface area contributed by atoms with E-state index in [4.69, 9.17) is 15.6 Å². The Morgan fingerprint density at radius 1 is 1.36 bits per heavy atom. The molecule has 0 aromatic heterocycles. The average Bonchev–Trinajstić information content (AvgIpc) is 1.77. The number of aliphatic carboxylic acids is 1. The number of carbonyl (C=O) groups excluding carboxylic acids is 1. The standard InChI is InChI=1S/C9H17NO4/c1-9(2,3)14-8(13)5-6(10)4-7(11)12/h6H,4-5,10H2,1-3H3,(H,11,12)/t6-/m0/s1. The first-order valence-electron chi connectivity index (χ1n) is 4.40. The predicted molar refractivity (Wildman–Crippen MR) is 50.7 cm³/mol. The van der Waals surface area contributed by atoms with Crippen molar-refractivity contribution in [3.63, 3.8) is 0 Å². The summed E-state index contributed by atoms with van der Waals surface area (Å²) in [5.41, 5.74) is 4.86. The van der Waals surface area contributed by atoms with E-state index in [9.17, 15) is 9.59 Å². The van der Waals surface area contributed by atoms with Crippen LogP contribution in [-0.2, 0) is 14.3 Å². The fourth-order valence-electron chi connectivity index (χ4n) is 0.894. The summed E-state index contributed by atoms with van der Waals surface area (Å²) in [5, 5.41) is 8.40. The molecule has 0 unspecified atom stereocenters. The van der Waals surface area contributed by atoms with Crippen LogP contribution in [0.1, 0.15) is 33.6 Å². The number of hydrogen-bond acceptors (Lipinski definition) is 4. The van der Waals surface area contributed by atoms with Gasteiger partial charge in [-0.15, -0.1) is 0 Å². The molecule has 0 heterocycles. The Morgan fingerprint density at radius 2 is 1.86 bits per heavy atom. The lowest BCUT2D eigenvalue weighted by atomic mass is 10.1. The van der Waals surface area contributed by atoms with E-state index in [1.165, 1.54) is 0 Å². The number of esters is 1. The molecule has 14 heavy (non-hydrogen) atoms. The van der Waals surface area contributed by atoms with Crippen LogP contribution in [0, 0.1) is 0 Å². The molecule has 0 aromatic carbocycles. The Balaban J connectivity index is 3.89. The summed E-state index contributed by atoms with van der Waals surface area (Å²) < 4.78 is 4.98. The largest absolute Gasteiger partial charge is 0.481 e. The van der Waals surface area contributed by atoms with Gasteiger partial charge in [0.2, 0.25) is 0 Å². The van der Waals surface area contributed by atoms with E-state index in [0.29, 0.717) is 0 Å². The zero-order chi connectivity index (χ0) is 11.4. The average molecular weight is 203 g/mol. The van der Waals surface area contributed by atoms with Crippen molar-refractivity contribution in [3.05, 3.63) is 0 Å². The van der Waals surface area contributed by atoms with E-state index >= 15 is 0 Å². The second kappa shape index (κ2) is 4.95. The van der Waals surface area contributed by atoms with Crippen molar-refractivity contribution in [2.75, 3.05) is 0 Å². The molecule has 5 heteroatoms. The minimum atomic E-state index is -1.01. The van der Waals surface area contributed by atoms with E-state index in [1.54, 1.807) is 20.8 Å². The monoisotopic (exact) mass is 203 g/mol. The molecular weight excluding hydrogens is 186 g/mol. The molecule has 0 saturated heterocycles. The number of hydrogen-bond donors (Lipinski definition) is 2. The van der Waals surface area contributed by atoms with Crippen LogP contribution in [0.2, 0.25) is 0 Å². The second-order valence-corrected chi connectivity index (χ2v) is 4.15. The van der Waals surface area contributed by atoms with E-state index in [2.05, 4.69) is 0 Å². The first-order valence-corrected chi connectivity index (χ1v) is 4.40. The van der Waals surface area contributed by atoms with Gasteiger partial charge >= 0.3 is 11.9 Å². The first kappa shape index (κ1) is 12.9. The smallest absolute Gasteiger partial charge is 0.307 e. The molecule has 1 atom stereocenters. The highest BCUT2D eigenvalue weighted by Gasteiger charge is 2.19. The van der Waals surface area contributed by atoms with Crippen LogP contribution in [0.15, 0.2) is 0 Å². The zero-order valence-electron chi connectivity index (χ0n) is 8.74. The predicted octanol–water partition coefficient (Wildman–Crippen LogP) is 0.520. The molecule has 0 aliphatic heterocycles. The quantitative estimate of drug-likeness (QED) is 0.650. The number of carboxylic acids is 1.